The molecule has 2 atom stereocenters. The van der Waals surface area contributed by atoms with Gasteiger partial charge in [0.25, 0.3) is 5.95 Å². The van der Waals surface area contributed by atoms with E-state index >= 15 is 0 Å². The second-order valence-electron chi connectivity index (χ2n) is 8.74. The molecule has 1 aromatic carbocycles. The molecule has 0 spiro atoms. The Kier molecular flexibility index (Phi) is 6.07. The monoisotopic (exact) mass is 473 g/mol. The number of nitrogens with zero attached hydrogens (tertiary/aromatic N) is 4. The van der Waals surface area contributed by atoms with Gasteiger partial charge in [0.05, 0.1) is 17.1 Å². The molecule has 0 bridgehead atoms. The minimum absolute atomic E-state index is 0.183. The molecular weight excluding hydrogens is 448 g/mol. The molecular formula is C23H25F2N5O2S. The first-order valence-corrected chi connectivity index (χ1v) is 11.6. The Bertz CT molecular complexity index is 1090. The highest BCUT2D eigenvalue weighted by Gasteiger charge is 2.39. The van der Waals surface area contributed by atoms with Crippen LogP contribution >= 0.6 is 12.6 Å². The zero-order valence-electron chi connectivity index (χ0n) is 18.0. The van der Waals surface area contributed by atoms with E-state index in [0.717, 1.165) is 36.3 Å². The predicted octanol–water partition coefficient (Wildman–Crippen LogP) is 2.23. The van der Waals surface area contributed by atoms with Crippen LogP contribution in [-0.4, -0.2) is 58.8 Å². The van der Waals surface area contributed by atoms with E-state index in [2.05, 4.69) is 33.4 Å². The van der Waals surface area contributed by atoms with Crippen molar-refractivity contribution in [1.82, 2.24) is 20.1 Å². The fraction of sp³-hybridized carbons (Fsp3) is 0.435. The second kappa shape index (κ2) is 9.00. The third kappa shape index (κ3) is 4.34. The van der Waals surface area contributed by atoms with Crippen LogP contribution in [0.3, 0.4) is 0 Å². The van der Waals surface area contributed by atoms with Crippen molar-refractivity contribution in [2.24, 2.45) is 0 Å². The Hall–Kier alpha value is -2.56. The maximum Gasteiger partial charge on any atom is 0.251 e. The fourth-order valence-corrected chi connectivity index (χ4v) is 5.44. The molecule has 2 amide bonds. The highest BCUT2D eigenvalue weighted by atomic mass is 32.1. The molecule has 3 aliphatic heterocycles. The maximum atomic E-state index is 14.1. The van der Waals surface area contributed by atoms with Crippen molar-refractivity contribution in [2.75, 3.05) is 31.1 Å². The molecule has 0 aliphatic carbocycles. The van der Waals surface area contributed by atoms with Crippen molar-refractivity contribution in [3.8, 4) is 0 Å². The number of nitrogens with one attached hydrogen (secondary N) is 1. The van der Waals surface area contributed by atoms with E-state index in [1.807, 2.05) is 9.80 Å². The number of rotatable bonds is 4. The number of benzene rings is 1. The van der Waals surface area contributed by atoms with E-state index in [-0.39, 0.29) is 28.9 Å². The quantitative estimate of drug-likeness (QED) is 0.403. The zero-order chi connectivity index (χ0) is 23.1. The van der Waals surface area contributed by atoms with Crippen molar-refractivity contribution < 1.29 is 18.4 Å². The van der Waals surface area contributed by atoms with Crippen LogP contribution in [0.5, 0.6) is 0 Å². The third-order valence-corrected chi connectivity index (χ3v) is 7.28. The van der Waals surface area contributed by atoms with Gasteiger partial charge in [0.1, 0.15) is 0 Å². The Morgan fingerprint density at radius 3 is 2.67 bits per heavy atom. The number of fused-ring (bicyclic) bond motifs is 1. The predicted molar refractivity (Wildman–Crippen MR) is 122 cm³/mol. The van der Waals surface area contributed by atoms with Crippen LogP contribution < -0.4 is 10.2 Å². The van der Waals surface area contributed by atoms with Gasteiger partial charge in [-0.3, -0.25) is 24.7 Å². The van der Waals surface area contributed by atoms with Crippen molar-refractivity contribution in [1.29, 1.82) is 0 Å². The summed E-state index contributed by atoms with van der Waals surface area (Å²) < 4.78 is 27.5. The number of pyridine rings is 1. The molecule has 2 aromatic rings. The number of amides is 2. The lowest BCUT2D eigenvalue weighted by atomic mass is 10.0. The molecule has 0 saturated carbocycles. The summed E-state index contributed by atoms with van der Waals surface area (Å²) in [5, 5.41) is 2.25. The largest absolute Gasteiger partial charge is 0.366 e. The number of carbonyl (C=O) groups excluding carboxylic acids is 2. The van der Waals surface area contributed by atoms with Crippen LogP contribution in [0.1, 0.15) is 34.9 Å². The summed E-state index contributed by atoms with van der Waals surface area (Å²) in [5.41, 5.74) is 3.65. The van der Waals surface area contributed by atoms with Crippen molar-refractivity contribution >= 4 is 30.1 Å². The van der Waals surface area contributed by atoms with Gasteiger partial charge in [0, 0.05) is 51.9 Å². The van der Waals surface area contributed by atoms with Crippen molar-refractivity contribution in [2.45, 2.75) is 37.3 Å². The molecule has 5 rings (SSSR count). The lowest BCUT2D eigenvalue weighted by Crippen LogP contribution is -2.51. The van der Waals surface area contributed by atoms with Gasteiger partial charge in [-0.2, -0.15) is 21.4 Å². The highest BCUT2D eigenvalue weighted by Crippen LogP contribution is 2.39. The standard InChI is InChI=1S/C23H25F2N5O2S/c24-20-17(5-6-26-21(20)25)29-9-7-28(8-10-29)12-14-1-2-16-15(11-14)13-30(23(16)33)18-3-4-19(31)27-22(18)32/h1-2,5-6,11,18,23,33H,3-4,7-10,12-13H2,(H,27,31,32). The molecule has 174 valence electrons. The molecule has 33 heavy (non-hydrogen) atoms. The van der Waals surface area contributed by atoms with E-state index in [1.54, 1.807) is 0 Å². The van der Waals surface area contributed by atoms with Crippen molar-refractivity contribution in [3.63, 3.8) is 0 Å². The lowest BCUT2D eigenvalue weighted by Gasteiger charge is -2.36. The second-order valence-corrected chi connectivity index (χ2v) is 9.23. The number of piperidine rings is 1. The van der Waals surface area contributed by atoms with Crippen molar-refractivity contribution in [3.05, 3.63) is 58.9 Å². The molecule has 4 heterocycles. The summed E-state index contributed by atoms with van der Waals surface area (Å²) in [5.74, 6) is -2.43. The van der Waals surface area contributed by atoms with Crippen LogP contribution in [0.15, 0.2) is 30.5 Å². The Labute approximate surface area is 196 Å². The molecule has 0 radical (unpaired) electrons. The number of imide groups is 1. The summed E-state index contributed by atoms with van der Waals surface area (Å²) in [6.45, 7) is 4.05. The van der Waals surface area contributed by atoms with Gasteiger partial charge in [0.15, 0.2) is 0 Å². The average Bonchev–Trinajstić information content (AvgIpc) is 3.12. The molecule has 2 unspecified atom stereocenters. The van der Waals surface area contributed by atoms with Crippen LogP contribution in [0.2, 0.25) is 0 Å². The van der Waals surface area contributed by atoms with Gasteiger partial charge in [-0.05, 0) is 29.2 Å². The zero-order valence-corrected chi connectivity index (χ0v) is 18.9. The topological polar surface area (TPSA) is 68.8 Å². The van der Waals surface area contributed by atoms with Crippen LogP contribution in [0, 0.1) is 11.8 Å². The fourth-order valence-electron chi connectivity index (χ4n) is 4.95. The van der Waals surface area contributed by atoms with E-state index in [9.17, 15) is 18.4 Å². The van der Waals surface area contributed by atoms with Crippen LogP contribution in [-0.2, 0) is 22.7 Å². The minimum atomic E-state index is -1.07. The van der Waals surface area contributed by atoms with Gasteiger partial charge >= 0.3 is 0 Å². The summed E-state index contributed by atoms with van der Waals surface area (Å²) in [6.07, 6.45) is 2.14. The van der Waals surface area contributed by atoms with Crippen LogP contribution in [0.25, 0.3) is 0 Å². The average molecular weight is 474 g/mol. The van der Waals surface area contributed by atoms with E-state index < -0.39 is 11.8 Å². The normalized spacial score (nSPS) is 24.2. The van der Waals surface area contributed by atoms with Gasteiger partial charge in [-0.25, -0.2) is 4.98 Å². The Balaban J connectivity index is 1.21. The molecule has 2 saturated heterocycles. The third-order valence-electron chi connectivity index (χ3n) is 6.71. The minimum Gasteiger partial charge on any atom is -0.366 e. The molecule has 3 aliphatic rings. The first kappa shape index (κ1) is 22.2. The van der Waals surface area contributed by atoms with Gasteiger partial charge in [0.2, 0.25) is 17.6 Å². The first-order valence-electron chi connectivity index (χ1n) is 11.1. The summed E-state index contributed by atoms with van der Waals surface area (Å²) in [6, 6.07) is 7.47. The number of hydrogen-bond donors (Lipinski definition) is 2. The maximum absolute atomic E-state index is 14.1. The molecule has 1 aromatic heterocycles. The van der Waals surface area contributed by atoms with Crippen LogP contribution in [0.4, 0.5) is 14.5 Å². The number of hydrogen-bond acceptors (Lipinski definition) is 7. The Morgan fingerprint density at radius 1 is 1.12 bits per heavy atom. The molecule has 7 nitrogen and oxygen atoms in total. The van der Waals surface area contributed by atoms with E-state index in [0.29, 0.717) is 32.5 Å². The van der Waals surface area contributed by atoms with E-state index in [4.69, 9.17) is 12.6 Å². The number of halogens is 2. The highest BCUT2D eigenvalue weighted by molar-refractivity contribution is 7.80. The van der Waals surface area contributed by atoms with E-state index in [1.165, 1.54) is 12.3 Å². The van der Waals surface area contributed by atoms with Gasteiger partial charge < -0.3 is 4.90 Å². The molecule has 2 fully saturated rings. The number of anilines is 1. The van der Waals surface area contributed by atoms with Gasteiger partial charge in [-0.15, -0.1) is 0 Å². The lowest BCUT2D eigenvalue weighted by molar-refractivity contribution is -0.137. The number of piperazine rings is 1. The molecule has 10 heteroatoms. The smallest absolute Gasteiger partial charge is 0.251 e. The number of thiol groups is 1. The summed E-state index contributed by atoms with van der Waals surface area (Å²) in [7, 11) is 0. The molecule has 1 N–H and O–H groups in total. The summed E-state index contributed by atoms with van der Waals surface area (Å²) in [4.78, 5) is 33.3. The Morgan fingerprint density at radius 2 is 1.91 bits per heavy atom. The number of carbonyl (C=O) groups is 2. The summed E-state index contributed by atoms with van der Waals surface area (Å²) >= 11 is 4.75. The number of aromatic nitrogens is 1. The SMILES string of the molecule is O=C1CCC(N2Cc3cc(CN4CCN(c5ccnc(F)c5F)CC4)ccc3C2S)C(=O)N1. The van der Waals surface area contributed by atoms with Gasteiger partial charge in [-0.1, -0.05) is 18.2 Å². The first-order chi connectivity index (χ1) is 15.9.